The number of piperidine rings is 1. The molecule has 2 rings (SSSR count). The third-order valence-corrected chi connectivity index (χ3v) is 5.20. The van der Waals surface area contributed by atoms with Crippen molar-refractivity contribution in [3.05, 3.63) is 35.4 Å². The van der Waals surface area contributed by atoms with E-state index in [2.05, 4.69) is 10.0 Å². The molecule has 1 aromatic rings. The fraction of sp³-hybridized carbons (Fsp3) is 0.538. The molecule has 0 amide bonds. The smallest absolute Gasteiger partial charge is 0.279 e. The Hall–Kier alpha value is -1.09. The van der Waals surface area contributed by atoms with Crippen molar-refractivity contribution in [3.8, 4) is 0 Å². The van der Waals surface area contributed by atoms with Gasteiger partial charge in [-0.05, 0) is 30.7 Å². The lowest BCUT2D eigenvalue weighted by molar-refractivity contribution is 0.368. The molecule has 0 aliphatic carbocycles. The van der Waals surface area contributed by atoms with Gasteiger partial charge in [-0.3, -0.25) is 0 Å². The van der Waals surface area contributed by atoms with Gasteiger partial charge < -0.3 is 5.32 Å². The number of hydrogen-bond acceptors (Lipinski definition) is 3. The fourth-order valence-electron chi connectivity index (χ4n) is 2.42. The second kappa shape index (κ2) is 6.35. The molecule has 0 saturated carbocycles. The van der Waals surface area contributed by atoms with E-state index in [9.17, 15) is 17.2 Å². The van der Waals surface area contributed by atoms with E-state index in [4.69, 9.17) is 0 Å². The van der Waals surface area contributed by atoms with E-state index < -0.39 is 27.9 Å². The van der Waals surface area contributed by atoms with Crippen LogP contribution < -0.4 is 10.0 Å². The average molecular weight is 319 g/mol. The number of rotatable bonds is 4. The van der Waals surface area contributed by atoms with Crippen LogP contribution in [0.2, 0.25) is 0 Å². The van der Waals surface area contributed by atoms with Crippen LogP contribution in [0.1, 0.15) is 17.9 Å². The summed E-state index contributed by atoms with van der Waals surface area (Å²) in [6.07, 6.45) is 0.645. The Labute approximate surface area is 123 Å². The van der Waals surface area contributed by atoms with Crippen molar-refractivity contribution in [3.63, 3.8) is 0 Å². The van der Waals surface area contributed by atoms with Gasteiger partial charge >= 0.3 is 0 Å². The Morgan fingerprint density at radius 1 is 1.29 bits per heavy atom. The summed E-state index contributed by atoms with van der Waals surface area (Å²) in [6.45, 7) is 1.14. The van der Waals surface area contributed by atoms with E-state index in [1.807, 2.05) is 0 Å². The SMILES string of the molecule is CN(C)S(=O)(=O)NC1CNCCC1c1ccc(F)c(F)c1. The van der Waals surface area contributed by atoms with E-state index in [1.165, 1.54) is 20.2 Å². The van der Waals surface area contributed by atoms with Crippen LogP contribution in [0.3, 0.4) is 0 Å². The molecule has 1 heterocycles. The zero-order chi connectivity index (χ0) is 15.6. The molecule has 2 atom stereocenters. The Bertz CT molecular complexity index is 607. The first kappa shape index (κ1) is 16.3. The van der Waals surface area contributed by atoms with Crippen molar-refractivity contribution in [1.29, 1.82) is 0 Å². The second-order valence-corrected chi connectivity index (χ2v) is 7.20. The Morgan fingerprint density at radius 2 is 2.00 bits per heavy atom. The monoisotopic (exact) mass is 319 g/mol. The Balaban J connectivity index is 2.25. The molecule has 2 N–H and O–H groups in total. The van der Waals surface area contributed by atoms with Crippen molar-refractivity contribution >= 4 is 10.2 Å². The topological polar surface area (TPSA) is 61.4 Å². The van der Waals surface area contributed by atoms with Gasteiger partial charge in [0, 0.05) is 32.6 Å². The van der Waals surface area contributed by atoms with Crippen molar-refractivity contribution in [1.82, 2.24) is 14.3 Å². The summed E-state index contributed by atoms with van der Waals surface area (Å²) in [7, 11) is -0.710. The van der Waals surface area contributed by atoms with Gasteiger partial charge in [0.05, 0.1) is 0 Å². The van der Waals surface area contributed by atoms with Gasteiger partial charge in [-0.15, -0.1) is 0 Å². The maximum absolute atomic E-state index is 13.4. The molecule has 0 bridgehead atoms. The molecular weight excluding hydrogens is 300 g/mol. The highest BCUT2D eigenvalue weighted by Crippen LogP contribution is 2.27. The summed E-state index contributed by atoms with van der Waals surface area (Å²) in [5.74, 6) is -2.02. The zero-order valence-electron chi connectivity index (χ0n) is 11.9. The minimum atomic E-state index is -3.58. The molecule has 0 aromatic heterocycles. The fourth-order valence-corrected chi connectivity index (χ4v) is 3.26. The molecule has 1 saturated heterocycles. The van der Waals surface area contributed by atoms with Gasteiger partial charge in [0.2, 0.25) is 0 Å². The highest BCUT2D eigenvalue weighted by molar-refractivity contribution is 7.87. The zero-order valence-corrected chi connectivity index (χ0v) is 12.8. The summed E-state index contributed by atoms with van der Waals surface area (Å²) in [5, 5.41) is 3.11. The first-order valence-corrected chi connectivity index (χ1v) is 8.10. The minimum absolute atomic E-state index is 0.198. The number of benzene rings is 1. The van der Waals surface area contributed by atoms with Gasteiger partial charge in [-0.1, -0.05) is 6.07 Å². The lowest BCUT2D eigenvalue weighted by Crippen LogP contribution is -2.52. The highest BCUT2D eigenvalue weighted by Gasteiger charge is 2.31. The van der Waals surface area contributed by atoms with E-state index in [-0.39, 0.29) is 5.92 Å². The maximum atomic E-state index is 13.4. The lowest BCUT2D eigenvalue weighted by Gasteiger charge is -2.33. The van der Waals surface area contributed by atoms with Crippen LogP contribution in [-0.2, 0) is 10.2 Å². The number of nitrogens with one attached hydrogen (secondary N) is 2. The molecule has 1 aromatic carbocycles. The molecule has 2 unspecified atom stereocenters. The minimum Gasteiger partial charge on any atom is -0.315 e. The Kier molecular flexibility index (Phi) is 4.92. The van der Waals surface area contributed by atoms with E-state index in [1.54, 1.807) is 0 Å². The molecule has 118 valence electrons. The van der Waals surface area contributed by atoms with Gasteiger partial charge in [-0.25, -0.2) is 8.78 Å². The molecule has 21 heavy (non-hydrogen) atoms. The molecule has 8 heteroatoms. The summed E-state index contributed by atoms with van der Waals surface area (Å²) in [4.78, 5) is 0. The van der Waals surface area contributed by atoms with Crippen molar-refractivity contribution < 1.29 is 17.2 Å². The van der Waals surface area contributed by atoms with Gasteiger partial charge in [-0.2, -0.15) is 17.4 Å². The molecule has 5 nitrogen and oxygen atoms in total. The quantitative estimate of drug-likeness (QED) is 0.863. The first-order chi connectivity index (χ1) is 9.81. The molecule has 1 fully saturated rings. The standard InChI is InChI=1S/C13H19F2N3O2S/c1-18(2)21(19,20)17-13-8-16-6-5-10(13)9-3-4-11(14)12(15)7-9/h3-4,7,10,13,16-17H,5-6,8H2,1-2H3. The van der Waals surface area contributed by atoms with Crippen molar-refractivity contribution in [2.45, 2.75) is 18.4 Å². The van der Waals surface area contributed by atoms with Gasteiger partial charge in [0.1, 0.15) is 0 Å². The normalized spacial score (nSPS) is 23.5. The number of nitrogens with zero attached hydrogens (tertiary/aromatic N) is 1. The van der Waals surface area contributed by atoms with Gasteiger partial charge in [0.25, 0.3) is 10.2 Å². The van der Waals surface area contributed by atoms with Crippen LogP contribution in [0, 0.1) is 11.6 Å². The van der Waals surface area contributed by atoms with E-state index in [0.717, 1.165) is 16.4 Å². The molecular formula is C13H19F2N3O2S. The molecule has 1 aliphatic heterocycles. The number of halogens is 2. The van der Waals surface area contributed by atoms with Crippen LogP contribution in [-0.4, -0.2) is 45.9 Å². The summed E-state index contributed by atoms with van der Waals surface area (Å²) in [6, 6.07) is 3.31. The third-order valence-electron chi connectivity index (χ3n) is 3.63. The predicted molar refractivity (Wildman–Crippen MR) is 76.1 cm³/mol. The second-order valence-electron chi connectivity index (χ2n) is 5.28. The molecule has 0 radical (unpaired) electrons. The summed E-state index contributed by atoms with van der Waals surface area (Å²) < 4.78 is 54.0. The lowest BCUT2D eigenvalue weighted by atomic mass is 9.86. The third kappa shape index (κ3) is 3.76. The molecule has 1 aliphatic rings. The molecule has 0 spiro atoms. The van der Waals surface area contributed by atoms with Crippen molar-refractivity contribution in [2.24, 2.45) is 0 Å². The van der Waals surface area contributed by atoms with Crippen LogP contribution in [0.15, 0.2) is 18.2 Å². The van der Waals surface area contributed by atoms with E-state index >= 15 is 0 Å². The predicted octanol–water partition coefficient (Wildman–Crippen LogP) is 0.806. The highest BCUT2D eigenvalue weighted by atomic mass is 32.2. The van der Waals surface area contributed by atoms with Gasteiger partial charge in [0.15, 0.2) is 11.6 Å². The largest absolute Gasteiger partial charge is 0.315 e. The Morgan fingerprint density at radius 3 is 2.62 bits per heavy atom. The first-order valence-electron chi connectivity index (χ1n) is 6.66. The van der Waals surface area contributed by atoms with Crippen LogP contribution >= 0.6 is 0 Å². The summed E-state index contributed by atoms with van der Waals surface area (Å²) in [5.41, 5.74) is 0.599. The van der Waals surface area contributed by atoms with Crippen LogP contribution in [0.5, 0.6) is 0 Å². The van der Waals surface area contributed by atoms with E-state index in [0.29, 0.717) is 25.1 Å². The number of hydrogen-bond donors (Lipinski definition) is 2. The average Bonchev–Trinajstić information content (AvgIpc) is 2.42. The van der Waals surface area contributed by atoms with Crippen LogP contribution in [0.4, 0.5) is 8.78 Å². The maximum Gasteiger partial charge on any atom is 0.279 e. The van der Waals surface area contributed by atoms with Crippen molar-refractivity contribution in [2.75, 3.05) is 27.2 Å². The summed E-state index contributed by atoms with van der Waals surface area (Å²) >= 11 is 0. The van der Waals surface area contributed by atoms with Crippen LogP contribution in [0.25, 0.3) is 0 Å².